The van der Waals surface area contributed by atoms with Crippen molar-refractivity contribution in [3.05, 3.63) is 0 Å². The van der Waals surface area contributed by atoms with Crippen molar-refractivity contribution in [3.8, 4) is 0 Å². The maximum absolute atomic E-state index is 11.9. The van der Waals surface area contributed by atoms with Crippen LogP contribution in [0.25, 0.3) is 0 Å². The largest absolute Gasteiger partial charge is 0.469 e. The highest BCUT2D eigenvalue weighted by Gasteiger charge is 2.40. The molecule has 0 saturated carbocycles. The number of methoxy groups -OCH3 is 2. The summed E-state index contributed by atoms with van der Waals surface area (Å²) in [4.78, 5) is 11.9. The Morgan fingerprint density at radius 3 is 2.85 bits per heavy atom. The van der Waals surface area contributed by atoms with E-state index >= 15 is 0 Å². The van der Waals surface area contributed by atoms with E-state index in [1.165, 1.54) is 7.11 Å². The van der Waals surface area contributed by atoms with E-state index in [0.717, 1.165) is 37.9 Å². The number of rotatable bonds is 8. The predicted octanol–water partition coefficient (Wildman–Crippen LogP) is 2.58. The minimum Gasteiger partial charge on any atom is -0.469 e. The SMILES string of the molecule is CCC[C@@H](CC(=O)OC)[C@@H]1OC(C)(C)OC/C1=N\N1CCC[C@H]1COC. The van der Waals surface area contributed by atoms with Crippen molar-refractivity contribution in [3.63, 3.8) is 0 Å². The van der Waals surface area contributed by atoms with Gasteiger partial charge in [-0.3, -0.25) is 9.80 Å². The van der Waals surface area contributed by atoms with Crippen LogP contribution in [0.1, 0.15) is 52.9 Å². The predicted molar refractivity (Wildman–Crippen MR) is 99.0 cm³/mol. The van der Waals surface area contributed by atoms with Crippen LogP contribution in [-0.4, -0.2) is 68.6 Å². The third-order valence-corrected chi connectivity index (χ3v) is 5.01. The molecule has 0 unspecified atom stereocenters. The van der Waals surface area contributed by atoms with Crippen LogP contribution < -0.4 is 0 Å². The van der Waals surface area contributed by atoms with Crippen molar-refractivity contribution in [2.45, 2.75) is 70.8 Å². The molecular formula is C19H34N2O5. The third kappa shape index (κ3) is 5.66. The van der Waals surface area contributed by atoms with Gasteiger partial charge in [-0.25, -0.2) is 0 Å². The van der Waals surface area contributed by atoms with Gasteiger partial charge in [0.05, 0.1) is 38.5 Å². The van der Waals surface area contributed by atoms with E-state index in [9.17, 15) is 4.79 Å². The summed E-state index contributed by atoms with van der Waals surface area (Å²) >= 11 is 0. The minimum atomic E-state index is -0.692. The summed E-state index contributed by atoms with van der Waals surface area (Å²) in [6.45, 7) is 7.90. The van der Waals surface area contributed by atoms with Gasteiger partial charge in [-0.05, 0) is 33.1 Å². The monoisotopic (exact) mass is 370 g/mol. The zero-order valence-electron chi connectivity index (χ0n) is 16.8. The second-order valence-electron chi connectivity index (χ2n) is 7.56. The van der Waals surface area contributed by atoms with Gasteiger partial charge in [0, 0.05) is 19.6 Å². The second-order valence-corrected chi connectivity index (χ2v) is 7.56. The summed E-state index contributed by atoms with van der Waals surface area (Å²) in [5.74, 6) is -0.880. The normalized spacial score (nSPS) is 28.3. The first-order valence-electron chi connectivity index (χ1n) is 9.61. The van der Waals surface area contributed by atoms with Gasteiger partial charge in [0.1, 0.15) is 6.10 Å². The molecule has 150 valence electrons. The maximum Gasteiger partial charge on any atom is 0.305 e. The van der Waals surface area contributed by atoms with E-state index in [-0.39, 0.29) is 24.0 Å². The van der Waals surface area contributed by atoms with Crippen LogP contribution in [0.3, 0.4) is 0 Å². The zero-order chi connectivity index (χ0) is 19.2. The van der Waals surface area contributed by atoms with Crippen LogP contribution in [0.4, 0.5) is 0 Å². The first kappa shape index (κ1) is 21.1. The Balaban J connectivity index is 2.23. The van der Waals surface area contributed by atoms with Gasteiger partial charge in [-0.2, -0.15) is 5.10 Å². The molecule has 0 aliphatic carbocycles. The highest BCUT2D eigenvalue weighted by Crippen LogP contribution is 2.31. The quantitative estimate of drug-likeness (QED) is 0.612. The van der Waals surface area contributed by atoms with Crippen molar-refractivity contribution in [1.29, 1.82) is 0 Å². The van der Waals surface area contributed by atoms with E-state index in [0.29, 0.717) is 19.6 Å². The van der Waals surface area contributed by atoms with Gasteiger partial charge in [0.2, 0.25) is 0 Å². The smallest absolute Gasteiger partial charge is 0.305 e. The Morgan fingerprint density at radius 1 is 1.42 bits per heavy atom. The van der Waals surface area contributed by atoms with Crippen molar-refractivity contribution >= 4 is 11.7 Å². The topological polar surface area (TPSA) is 69.6 Å². The molecule has 0 spiro atoms. The third-order valence-electron chi connectivity index (χ3n) is 5.01. The van der Waals surface area contributed by atoms with Crippen LogP contribution >= 0.6 is 0 Å². The van der Waals surface area contributed by atoms with E-state index in [4.69, 9.17) is 24.0 Å². The van der Waals surface area contributed by atoms with Gasteiger partial charge >= 0.3 is 5.97 Å². The first-order chi connectivity index (χ1) is 12.4. The van der Waals surface area contributed by atoms with E-state index < -0.39 is 5.79 Å². The van der Waals surface area contributed by atoms with Crippen LogP contribution in [-0.2, 0) is 23.7 Å². The molecule has 0 radical (unpaired) electrons. The van der Waals surface area contributed by atoms with Gasteiger partial charge in [-0.1, -0.05) is 13.3 Å². The number of esters is 1. The summed E-state index contributed by atoms with van der Waals surface area (Å²) in [6.07, 6.45) is 4.09. The summed E-state index contributed by atoms with van der Waals surface area (Å²) in [5.41, 5.74) is 0.856. The molecule has 0 bridgehead atoms. The molecule has 2 rings (SSSR count). The molecule has 0 aromatic carbocycles. The van der Waals surface area contributed by atoms with Crippen LogP contribution in [0.15, 0.2) is 5.10 Å². The molecule has 7 heteroatoms. The van der Waals surface area contributed by atoms with E-state index in [1.807, 2.05) is 13.8 Å². The minimum absolute atomic E-state index is 0.0258. The Kier molecular flexibility index (Phi) is 7.85. The number of carbonyl (C=O) groups excluding carboxylic acids is 1. The Morgan fingerprint density at radius 2 is 2.19 bits per heavy atom. The summed E-state index contributed by atoms with van der Waals surface area (Å²) in [5, 5.41) is 6.98. The maximum atomic E-state index is 11.9. The number of hydrogen-bond donors (Lipinski definition) is 0. The van der Waals surface area contributed by atoms with E-state index in [1.54, 1.807) is 7.11 Å². The lowest BCUT2D eigenvalue weighted by Gasteiger charge is -2.40. The molecule has 0 aromatic rings. The molecule has 2 aliphatic rings. The molecule has 3 atom stereocenters. The first-order valence-corrected chi connectivity index (χ1v) is 9.61. The molecule has 0 amide bonds. The molecule has 7 nitrogen and oxygen atoms in total. The average Bonchev–Trinajstić information content (AvgIpc) is 3.03. The molecule has 26 heavy (non-hydrogen) atoms. The van der Waals surface area contributed by atoms with Gasteiger partial charge in [-0.15, -0.1) is 0 Å². The van der Waals surface area contributed by atoms with Crippen LogP contribution in [0.5, 0.6) is 0 Å². The molecule has 2 heterocycles. The van der Waals surface area contributed by atoms with Crippen molar-refractivity contribution < 1.29 is 23.7 Å². The summed E-state index contributed by atoms with van der Waals surface area (Å²) < 4.78 is 22.3. The number of ether oxygens (including phenoxy) is 4. The average molecular weight is 370 g/mol. The standard InChI is InChI=1S/C19H34N2O5/c1-6-8-14(11-17(22)24-5)18-16(13-25-19(2,3)26-18)20-21-10-7-9-15(21)12-23-4/h14-15,18H,6-13H2,1-5H3/b20-16+/t14-,15-,18-/m0/s1. The zero-order valence-corrected chi connectivity index (χ0v) is 16.8. The van der Waals surface area contributed by atoms with Crippen LogP contribution in [0.2, 0.25) is 0 Å². The van der Waals surface area contributed by atoms with Crippen LogP contribution in [0, 0.1) is 5.92 Å². The number of hydrogen-bond acceptors (Lipinski definition) is 7. The van der Waals surface area contributed by atoms with Gasteiger partial charge < -0.3 is 18.9 Å². The van der Waals surface area contributed by atoms with Gasteiger partial charge in [0.15, 0.2) is 5.79 Å². The molecule has 0 N–H and O–H groups in total. The highest BCUT2D eigenvalue weighted by molar-refractivity contribution is 5.91. The number of nitrogens with zero attached hydrogens (tertiary/aromatic N) is 2. The molecular weight excluding hydrogens is 336 g/mol. The Hall–Kier alpha value is -1.18. The van der Waals surface area contributed by atoms with Crippen molar-refractivity contribution in [2.75, 3.05) is 34.0 Å². The van der Waals surface area contributed by atoms with Crippen molar-refractivity contribution in [2.24, 2.45) is 11.0 Å². The number of carbonyl (C=O) groups is 1. The summed E-state index contributed by atoms with van der Waals surface area (Å²) in [6, 6.07) is 0.285. The lowest BCUT2D eigenvalue weighted by atomic mass is 9.89. The van der Waals surface area contributed by atoms with E-state index in [2.05, 4.69) is 11.9 Å². The fourth-order valence-electron chi connectivity index (χ4n) is 3.70. The lowest BCUT2D eigenvalue weighted by molar-refractivity contribution is -0.244. The Bertz CT molecular complexity index is 494. The second kappa shape index (κ2) is 9.67. The fraction of sp³-hybridized carbons (Fsp3) is 0.895. The number of hydrazone groups is 1. The molecule has 2 fully saturated rings. The van der Waals surface area contributed by atoms with Gasteiger partial charge in [0.25, 0.3) is 0 Å². The van der Waals surface area contributed by atoms with Crippen molar-refractivity contribution in [1.82, 2.24) is 5.01 Å². The highest BCUT2D eigenvalue weighted by atomic mass is 16.7. The molecule has 2 aliphatic heterocycles. The fourth-order valence-corrected chi connectivity index (χ4v) is 3.70. The Labute approximate surface area is 157 Å². The summed E-state index contributed by atoms with van der Waals surface area (Å²) in [7, 11) is 3.14. The molecule has 2 saturated heterocycles. The molecule has 0 aromatic heterocycles. The lowest BCUT2D eigenvalue weighted by Crippen LogP contribution is -2.50.